The number of nitrogens with two attached hydrogens (primary N) is 1. The van der Waals surface area contributed by atoms with Crippen LogP contribution in [-0.2, 0) is 6.18 Å². The Morgan fingerprint density at radius 1 is 1.32 bits per heavy atom. The van der Waals surface area contributed by atoms with Gasteiger partial charge in [0.1, 0.15) is 6.26 Å². The van der Waals surface area contributed by atoms with Crippen LogP contribution in [0.15, 0.2) is 34.9 Å². The lowest BCUT2D eigenvalue weighted by Crippen LogP contribution is -2.09. The van der Waals surface area contributed by atoms with Gasteiger partial charge in [0.05, 0.1) is 11.3 Å². The number of alkyl halides is 3. The van der Waals surface area contributed by atoms with Gasteiger partial charge in [0.25, 0.3) is 0 Å². The molecule has 1 unspecified atom stereocenters. The lowest BCUT2D eigenvalue weighted by atomic mass is 10.1. The molecule has 0 aliphatic heterocycles. The van der Waals surface area contributed by atoms with Crippen LogP contribution in [-0.4, -0.2) is 11.5 Å². The van der Waals surface area contributed by atoms with E-state index < -0.39 is 11.7 Å². The second-order valence-electron chi connectivity index (χ2n) is 4.26. The van der Waals surface area contributed by atoms with Gasteiger partial charge in [0.15, 0.2) is 0 Å². The molecule has 2 aromatic rings. The van der Waals surface area contributed by atoms with Crippen molar-refractivity contribution < 1.29 is 17.6 Å². The van der Waals surface area contributed by atoms with Crippen molar-refractivity contribution in [3.8, 4) is 11.5 Å². The van der Waals surface area contributed by atoms with Crippen LogP contribution in [0.5, 0.6) is 0 Å². The Balaban J connectivity index is 2.45. The largest absolute Gasteiger partial charge is 0.444 e. The van der Waals surface area contributed by atoms with Crippen LogP contribution in [0.25, 0.3) is 11.5 Å². The maximum absolute atomic E-state index is 12.9. The lowest BCUT2D eigenvalue weighted by Gasteiger charge is -2.09. The van der Waals surface area contributed by atoms with E-state index in [0.29, 0.717) is 12.2 Å². The Labute approximate surface area is 108 Å². The van der Waals surface area contributed by atoms with Gasteiger partial charge in [0, 0.05) is 18.0 Å². The van der Waals surface area contributed by atoms with Crippen molar-refractivity contribution in [2.75, 3.05) is 6.54 Å². The van der Waals surface area contributed by atoms with E-state index in [2.05, 4.69) is 4.98 Å². The Morgan fingerprint density at radius 3 is 2.63 bits per heavy atom. The Morgan fingerprint density at radius 2 is 2.00 bits per heavy atom. The van der Waals surface area contributed by atoms with Gasteiger partial charge in [0.2, 0.25) is 5.89 Å². The van der Waals surface area contributed by atoms with Crippen molar-refractivity contribution >= 4 is 0 Å². The number of halogens is 3. The van der Waals surface area contributed by atoms with E-state index in [1.165, 1.54) is 24.5 Å². The van der Waals surface area contributed by atoms with Gasteiger partial charge in [-0.3, -0.25) is 0 Å². The average molecular weight is 270 g/mol. The first-order valence-electron chi connectivity index (χ1n) is 5.75. The van der Waals surface area contributed by atoms with Crippen LogP contribution in [0, 0.1) is 0 Å². The second-order valence-corrected chi connectivity index (χ2v) is 4.26. The zero-order valence-corrected chi connectivity index (χ0v) is 10.2. The highest BCUT2D eigenvalue weighted by atomic mass is 19.4. The van der Waals surface area contributed by atoms with Crippen LogP contribution in [0.4, 0.5) is 13.2 Å². The van der Waals surface area contributed by atoms with Gasteiger partial charge >= 0.3 is 6.18 Å². The zero-order valence-electron chi connectivity index (χ0n) is 10.2. The minimum Gasteiger partial charge on any atom is -0.444 e. The van der Waals surface area contributed by atoms with Crippen molar-refractivity contribution in [3.63, 3.8) is 0 Å². The molecule has 102 valence electrons. The molecule has 0 aliphatic rings. The van der Waals surface area contributed by atoms with Crippen LogP contribution in [0.2, 0.25) is 0 Å². The summed E-state index contributed by atoms with van der Waals surface area (Å²) in [5.41, 5.74) is 5.22. The molecule has 0 saturated carbocycles. The summed E-state index contributed by atoms with van der Waals surface area (Å²) in [6, 6.07) is 5.19. The van der Waals surface area contributed by atoms with E-state index in [1.54, 1.807) is 0 Å². The quantitative estimate of drug-likeness (QED) is 0.929. The Kier molecular flexibility index (Phi) is 3.61. The van der Waals surface area contributed by atoms with Crippen LogP contribution >= 0.6 is 0 Å². The molecule has 0 fully saturated rings. The van der Waals surface area contributed by atoms with Crippen LogP contribution in [0.3, 0.4) is 0 Å². The second kappa shape index (κ2) is 5.05. The van der Waals surface area contributed by atoms with E-state index in [-0.39, 0.29) is 17.4 Å². The zero-order chi connectivity index (χ0) is 14.0. The van der Waals surface area contributed by atoms with Crippen LogP contribution < -0.4 is 5.73 Å². The first kappa shape index (κ1) is 13.6. The Bertz CT molecular complexity index is 563. The standard InChI is InChI=1S/C13H13F3N2O/c1-8(6-17)11-7-19-12(18-11)9-4-2-3-5-10(9)13(14,15)16/h2-5,7-8H,6,17H2,1H3. The van der Waals surface area contributed by atoms with Gasteiger partial charge < -0.3 is 10.2 Å². The molecule has 1 heterocycles. The van der Waals surface area contributed by atoms with Crippen molar-refractivity contribution in [3.05, 3.63) is 41.8 Å². The van der Waals surface area contributed by atoms with E-state index >= 15 is 0 Å². The van der Waals surface area contributed by atoms with Crippen molar-refractivity contribution in [2.45, 2.75) is 19.0 Å². The minimum atomic E-state index is -4.44. The normalized spacial score (nSPS) is 13.5. The molecule has 1 atom stereocenters. The van der Waals surface area contributed by atoms with E-state index in [9.17, 15) is 13.2 Å². The number of aromatic nitrogens is 1. The molecule has 1 aromatic carbocycles. The monoisotopic (exact) mass is 270 g/mol. The average Bonchev–Trinajstić information content (AvgIpc) is 2.86. The number of benzene rings is 1. The highest BCUT2D eigenvalue weighted by molar-refractivity contribution is 5.59. The molecule has 2 rings (SSSR count). The third-order valence-electron chi connectivity index (χ3n) is 2.84. The van der Waals surface area contributed by atoms with Gasteiger partial charge in [-0.05, 0) is 12.1 Å². The topological polar surface area (TPSA) is 52.0 Å². The number of oxazole rings is 1. The summed E-state index contributed by atoms with van der Waals surface area (Å²) < 4.78 is 43.8. The molecule has 0 saturated heterocycles. The third kappa shape index (κ3) is 2.78. The summed E-state index contributed by atoms with van der Waals surface area (Å²) in [6.07, 6.45) is -3.09. The molecule has 0 bridgehead atoms. The van der Waals surface area contributed by atoms with E-state index in [1.807, 2.05) is 6.92 Å². The fourth-order valence-corrected chi connectivity index (χ4v) is 1.67. The molecule has 0 aliphatic carbocycles. The fraction of sp³-hybridized carbons (Fsp3) is 0.308. The highest BCUT2D eigenvalue weighted by Crippen LogP contribution is 2.36. The number of hydrogen-bond acceptors (Lipinski definition) is 3. The third-order valence-corrected chi connectivity index (χ3v) is 2.84. The molecule has 3 nitrogen and oxygen atoms in total. The Hall–Kier alpha value is -1.82. The van der Waals surface area contributed by atoms with Gasteiger partial charge in [-0.25, -0.2) is 4.98 Å². The summed E-state index contributed by atoms with van der Waals surface area (Å²) in [6.45, 7) is 2.18. The lowest BCUT2D eigenvalue weighted by molar-refractivity contribution is -0.137. The molecular weight excluding hydrogens is 257 g/mol. The van der Waals surface area contributed by atoms with Crippen molar-refractivity contribution in [1.29, 1.82) is 0 Å². The first-order chi connectivity index (χ1) is 8.93. The van der Waals surface area contributed by atoms with Crippen molar-refractivity contribution in [1.82, 2.24) is 4.98 Å². The summed E-state index contributed by atoms with van der Waals surface area (Å²) in [7, 11) is 0. The fourth-order valence-electron chi connectivity index (χ4n) is 1.67. The molecule has 1 aromatic heterocycles. The van der Waals surface area contributed by atoms with Gasteiger partial charge in [-0.2, -0.15) is 13.2 Å². The molecule has 19 heavy (non-hydrogen) atoms. The summed E-state index contributed by atoms with van der Waals surface area (Å²) in [4.78, 5) is 4.08. The molecule has 6 heteroatoms. The maximum atomic E-state index is 12.9. The molecule has 0 amide bonds. The minimum absolute atomic E-state index is 0.0387. The summed E-state index contributed by atoms with van der Waals surface area (Å²) in [5, 5.41) is 0. The maximum Gasteiger partial charge on any atom is 0.417 e. The summed E-state index contributed by atoms with van der Waals surface area (Å²) in [5.74, 6) is -0.0984. The number of nitrogens with zero attached hydrogens (tertiary/aromatic N) is 1. The van der Waals surface area contributed by atoms with Gasteiger partial charge in [-0.1, -0.05) is 19.1 Å². The predicted molar refractivity (Wildman–Crippen MR) is 64.4 cm³/mol. The molecule has 0 radical (unpaired) electrons. The number of hydrogen-bond donors (Lipinski definition) is 1. The smallest absolute Gasteiger partial charge is 0.417 e. The molecule has 0 spiro atoms. The highest BCUT2D eigenvalue weighted by Gasteiger charge is 2.34. The summed E-state index contributed by atoms with van der Waals surface area (Å²) >= 11 is 0. The SMILES string of the molecule is CC(CN)c1coc(-c2ccccc2C(F)(F)F)n1. The molecular formula is C13H13F3N2O. The van der Waals surface area contributed by atoms with Crippen LogP contribution in [0.1, 0.15) is 24.1 Å². The first-order valence-corrected chi connectivity index (χ1v) is 5.75. The van der Waals surface area contributed by atoms with Crippen molar-refractivity contribution in [2.24, 2.45) is 5.73 Å². The number of rotatable bonds is 3. The molecule has 2 N–H and O–H groups in total. The van der Waals surface area contributed by atoms with E-state index in [4.69, 9.17) is 10.2 Å². The van der Waals surface area contributed by atoms with Gasteiger partial charge in [-0.15, -0.1) is 0 Å². The van der Waals surface area contributed by atoms with E-state index in [0.717, 1.165) is 6.07 Å². The predicted octanol–water partition coefficient (Wildman–Crippen LogP) is 3.42.